The second-order valence-corrected chi connectivity index (χ2v) is 13.4. The Morgan fingerprint density at radius 2 is 1.14 bits per heavy atom. The monoisotopic (exact) mass is 594 g/mol. The third-order valence-corrected chi connectivity index (χ3v) is 10.6. The van der Waals surface area contributed by atoms with E-state index in [0.29, 0.717) is 39.5 Å². The van der Waals surface area contributed by atoms with Crippen LogP contribution in [0.2, 0.25) is 5.02 Å². The summed E-state index contributed by atoms with van der Waals surface area (Å²) in [5, 5.41) is 0.507. The summed E-state index contributed by atoms with van der Waals surface area (Å²) in [5.41, 5.74) is 7.62. The van der Waals surface area contributed by atoms with Crippen LogP contribution in [-0.2, 0) is 0 Å². The highest BCUT2D eigenvalue weighted by molar-refractivity contribution is 6.35. The van der Waals surface area contributed by atoms with Crippen LogP contribution in [0.25, 0.3) is 56.4 Å². The van der Waals surface area contributed by atoms with Crippen molar-refractivity contribution in [2.45, 2.75) is 38.0 Å². The molecule has 0 saturated heterocycles. The molecule has 216 valence electrons. The van der Waals surface area contributed by atoms with E-state index in [1.807, 2.05) is 18.2 Å². The van der Waals surface area contributed by atoms with Gasteiger partial charge in [0.25, 0.3) is 0 Å². The quantitative estimate of drug-likeness (QED) is 0.199. The minimum absolute atomic E-state index is 0.507. The maximum absolute atomic E-state index is 6.41. The number of fused-ring (bicyclic) bond motifs is 1. The van der Waals surface area contributed by atoms with Crippen molar-refractivity contribution in [1.82, 2.24) is 19.9 Å². The maximum atomic E-state index is 6.41. The molecule has 4 fully saturated rings. The van der Waals surface area contributed by atoms with E-state index in [0.717, 1.165) is 45.9 Å². The normalized spacial score (nSPS) is 23.8. The van der Waals surface area contributed by atoms with Crippen molar-refractivity contribution in [2.75, 3.05) is 0 Å². The number of hydrogen-bond donors (Lipinski definition) is 0. The highest BCUT2D eigenvalue weighted by Gasteiger charge is 2.48. The predicted octanol–water partition coefficient (Wildman–Crippen LogP) is 9.87. The number of rotatable bonds is 5. The van der Waals surface area contributed by atoms with Crippen LogP contribution in [0.15, 0.2) is 102 Å². The molecule has 0 spiro atoms. The lowest BCUT2D eigenvalue weighted by atomic mass is 9.51. The van der Waals surface area contributed by atoms with Crippen molar-refractivity contribution >= 4 is 22.7 Å². The van der Waals surface area contributed by atoms with Crippen LogP contribution >= 0.6 is 11.6 Å². The summed E-state index contributed by atoms with van der Waals surface area (Å²) in [6.07, 6.45) is 8.56. The topological polar surface area (TPSA) is 64.7 Å². The van der Waals surface area contributed by atoms with Crippen LogP contribution in [0.5, 0.6) is 0 Å². The Kier molecular flexibility index (Phi) is 6.15. The molecule has 5 nitrogen and oxygen atoms in total. The lowest BCUT2D eigenvalue weighted by molar-refractivity contribution is -0.00277. The summed E-state index contributed by atoms with van der Waals surface area (Å²) < 4.78 is 5.59. The first kappa shape index (κ1) is 26.1. The fourth-order valence-electron chi connectivity index (χ4n) is 8.62. The molecule has 4 aliphatic rings. The summed E-state index contributed by atoms with van der Waals surface area (Å²) in [5.74, 6) is 6.13. The van der Waals surface area contributed by atoms with E-state index in [1.54, 1.807) is 0 Å². The lowest BCUT2D eigenvalue weighted by Gasteiger charge is -2.54. The Morgan fingerprint density at radius 3 is 1.80 bits per heavy atom. The van der Waals surface area contributed by atoms with Gasteiger partial charge in [-0.15, -0.1) is 0 Å². The second kappa shape index (κ2) is 10.4. The van der Waals surface area contributed by atoms with Gasteiger partial charge in [-0.1, -0.05) is 90.5 Å². The summed E-state index contributed by atoms with van der Waals surface area (Å²) in [6, 6.07) is 31.5. The zero-order valence-corrected chi connectivity index (χ0v) is 25.0. The van der Waals surface area contributed by atoms with Gasteiger partial charge in [0, 0.05) is 16.7 Å². The number of aromatic nitrogens is 4. The van der Waals surface area contributed by atoms with Crippen molar-refractivity contribution in [3.8, 4) is 45.3 Å². The van der Waals surface area contributed by atoms with E-state index in [2.05, 4.69) is 77.8 Å². The fraction of sp³-hybridized carbons (Fsp3) is 0.263. The van der Waals surface area contributed by atoms with Crippen LogP contribution in [0, 0.1) is 23.7 Å². The average Bonchev–Trinajstić information content (AvgIpc) is 3.56. The largest absolute Gasteiger partial charge is 0.442 e. The summed E-state index contributed by atoms with van der Waals surface area (Å²) in [7, 11) is 0. The van der Waals surface area contributed by atoms with Gasteiger partial charge in [-0.25, -0.2) is 19.9 Å². The van der Waals surface area contributed by atoms with E-state index in [1.165, 1.54) is 49.6 Å². The van der Waals surface area contributed by atoms with E-state index in [4.69, 9.17) is 31.0 Å². The van der Waals surface area contributed by atoms with Crippen LogP contribution in [0.4, 0.5) is 0 Å². The van der Waals surface area contributed by atoms with Crippen molar-refractivity contribution in [2.24, 2.45) is 23.7 Å². The molecule has 4 aliphatic carbocycles. The third-order valence-electron chi connectivity index (χ3n) is 10.3. The molecule has 0 radical (unpaired) electrons. The molecule has 0 amide bonds. The average molecular weight is 595 g/mol. The fourth-order valence-corrected chi connectivity index (χ4v) is 8.82. The van der Waals surface area contributed by atoms with Crippen LogP contribution in [0.1, 0.15) is 43.6 Å². The number of nitrogens with zero attached hydrogens (tertiary/aromatic N) is 4. The molecule has 0 unspecified atom stereocenters. The molecule has 2 aromatic heterocycles. The van der Waals surface area contributed by atoms with Crippen LogP contribution in [-0.4, -0.2) is 19.9 Å². The lowest BCUT2D eigenvalue weighted by Crippen LogP contribution is -2.43. The standard InChI is InChI=1S/C38H31ClN4O/c39-32-15-14-31(34-35(32)44-21-40-34)38-42-36(27-10-6-25(7-11-27)24-4-2-1-3-5-24)41-37(43-38)28-12-8-26(9-13-28)33-29-17-22-16-23(19-29)20-30(33)18-22/h1-15,21-23,29-30,33H,16-20H2. The molecule has 4 saturated carbocycles. The van der Waals surface area contributed by atoms with Gasteiger partial charge in [0.15, 0.2) is 29.4 Å². The second-order valence-electron chi connectivity index (χ2n) is 13.0. The molecule has 0 atom stereocenters. The smallest absolute Gasteiger partial charge is 0.182 e. The van der Waals surface area contributed by atoms with Crippen LogP contribution in [0.3, 0.4) is 0 Å². The number of benzene rings is 4. The van der Waals surface area contributed by atoms with Crippen molar-refractivity contribution in [3.05, 3.63) is 108 Å². The molecule has 0 N–H and O–H groups in total. The van der Waals surface area contributed by atoms with Gasteiger partial charge in [-0.05, 0) is 90.5 Å². The number of halogens is 1. The van der Waals surface area contributed by atoms with Crippen molar-refractivity contribution in [1.29, 1.82) is 0 Å². The highest BCUT2D eigenvalue weighted by atomic mass is 35.5. The van der Waals surface area contributed by atoms with E-state index >= 15 is 0 Å². The van der Waals surface area contributed by atoms with Gasteiger partial charge in [-0.3, -0.25) is 0 Å². The molecule has 2 heterocycles. The Bertz CT molecular complexity index is 1960. The Morgan fingerprint density at radius 1 is 0.568 bits per heavy atom. The van der Waals surface area contributed by atoms with Gasteiger partial charge in [0.05, 0.1) is 5.02 Å². The van der Waals surface area contributed by atoms with E-state index < -0.39 is 0 Å². The van der Waals surface area contributed by atoms with Crippen LogP contribution < -0.4 is 0 Å². The van der Waals surface area contributed by atoms with Crippen molar-refractivity contribution < 1.29 is 4.42 Å². The van der Waals surface area contributed by atoms with E-state index in [-0.39, 0.29) is 0 Å². The van der Waals surface area contributed by atoms with Gasteiger partial charge in [0.2, 0.25) is 0 Å². The molecular formula is C38H31ClN4O. The SMILES string of the molecule is Clc1ccc(-c2nc(-c3ccc(-c4ccccc4)cc3)nc(-c3ccc(C4C5CC6CC(C5)CC4C6)cc3)n2)c2ncoc12. The summed E-state index contributed by atoms with van der Waals surface area (Å²) in [6.45, 7) is 0. The molecule has 6 heteroatoms. The molecule has 4 bridgehead atoms. The number of hydrogen-bond acceptors (Lipinski definition) is 5. The first-order chi connectivity index (χ1) is 21.7. The third kappa shape index (κ3) is 4.45. The molecular weight excluding hydrogens is 564 g/mol. The van der Waals surface area contributed by atoms with Gasteiger partial charge >= 0.3 is 0 Å². The van der Waals surface area contributed by atoms with Gasteiger partial charge in [0.1, 0.15) is 5.52 Å². The first-order valence-electron chi connectivity index (χ1n) is 15.7. The van der Waals surface area contributed by atoms with Crippen molar-refractivity contribution in [3.63, 3.8) is 0 Å². The Balaban J connectivity index is 1.12. The van der Waals surface area contributed by atoms with Gasteiger partial charge < -0.3 is 4.42 Å². The molecule has 6 aromatic rings. The minimum Gasteiger partial charge on any atom is -0.442 e. The molecule has 0 aliphatic heterocycles. The minimum atomic E-state index is 0.507. The summed E-state index contributed by atoms with van der Waals surface area (Å²) >= 11 is 6.41. The zero-order chi connectivity index (χ0) is 29.2. The number of oxazole rings is 1. The Hall–Kier alpha value is -4.35. The molecule has 4 aromatic carbocycles. The summed E-state index contributed by atoms with van der Waals surface area (Å²) in [4.78, 5) is 19.4. The van der Waals surface area contributed by atoms with Gasteiger partial charge in [-0.2, -0.15) is 0 Å². The van der Waals surface area contributed by atoms with E-state index in [9.17, 15) is 0 Å². The zero-order valence-electron chi connectivity index (χ0n) is 24.2. The first-order valence-corrected chi connectivity index (χ1v) is 16.1. The molecule has 44 heavy (non-hydrogen) atoms. The molecule has 10 rings (SSSR count). The highest BCUT2D eigenvalue weighted by Crippen LogP contribution is 2.59. The Labute approximate surface area is 261 Å². The predicted molar refractivity (Wildman–Crippen MR) is 174 cm³/mol. The maximum Gasteiger partial charge on any atom is 0.182 e.